The molecule has 0 aliphatic carbocycles. The van der Waals surface area contributed by atoms with E-state index in [0.29, 0.717) is 6.61 Å². The van der Waals surface area contributed by atoms with Gasteiger partial charge < -0.3 is 9.84 Å². The number of thiophene rings is 1. The maximum absolute atomic E-state index is 10.6. The summed E-state index contributed by atoms with van der Waals surface area (Å²) in [5, 5.41) is 10.6. The van der Waals surface area contributed by atoms with Crippen LogP contribution < -0.4 is 4.74 Å². The van der Waals surface area contributed by atoms with Crippen LogP contribution in [0.15, 0.2) is 24.3 Å². The lowest BCUT2D eigenvalue weighted by atomic mass is 10.0. The molecule has 19 heavy (non-hydrogen) atoms. The van der Waals surface area contributed by atoms with Crippen LogP contribution >= 0.6 is 11.3 Å². The van der Waals surface area contributed by atoms with Gasteiger partial charge in [-0.1, -0.05) is 11.6 Å². The molecule has 3 heteroatoms. The Hall–Kier alpha value is -1.32. The van der Waals surface area contributed by atoms with E-state index < -0.39 is 6.10 Å². The van der Waals surface area contributed by atoms with Crippen molar-refractivity contribution in [2.45, 2.75) is 33.8 Å². The van der Waals surface area contributed by atoms with Gasteiger partial charge in [0.2, 0.25) is 0 Å². The number of rotatable bonds is 4. The van der Waals surface area contributed by atoms with Gasteiger partial charge in [0.1, 0.15) is 11.9 Å². The molecule has 1 N–H and O–H groups in total. The molecule has 2 rings (SSSR count). The summed E-state index contributed by atoms with van der Waals surface area (Å²) >= 11 is 1.64. The lowest BCUT2D eigenvalue weighted by Crippen LogP contribution is -2.03. The molecule has 2 nitrogen and oxygen atoms in total. The minimum absolute atomic E-state index is 0.602. The van der Waals surface area contributed by atoms with Crippen LogP contribution in [0.4, 0.5) is 0 Å². The predicted octanol–water partition coefficient (Wildman–Crippen LogP) is 4.15. The molecular weight excluding hydrogens is 256 g/mol. The summed E-state index contributed by atoms with van der Waals surface area (Å²) in [6.07, 6.45) is -0.612. The van der Waals surface area contributed by atoms with Crippen molar-refractivity contribution in [2.24, 2.45) is 0 Å². The SMILES string of the molecule is CCOc1ccc(C)cc1C(O)c1cc(C)c(C)s1. The van der Waals surface area contributed by atoms with E-state index in [0.717, 1.165) is 21.8 Å². The first-order valence-electron chi connectivity index (χ1n) is 6.51. The molecule has 1 aromatic heterocycles. The molecule has 0 aliphatic rings. The standard InChI is InChI=1S/C16H20O2S/c1-5-18-14-7-6-10(2)8-13(14)16(17)15-9-11(3)12(4)19-15/h6-9,16-17H,5H2,1-4H3. The zero-order valence-corrected chi connectivity index (χ0v) is 12.7. The minimum Gasteiger partial charge on any atom is -0.493 e. The number of aliphatic hydroxyl groups is 1. The number of aliphatic hydroxyl groups excluding tert-OH is 1. The highest BCUT2D eigenvalue weighted by Crippen LogP contribution is 2.35. The third kappa shape index (κ3) is 2.99. The highest BCUT2D eigenvalue weighted by Gasteiger charge is 2.18. The Bertz CT molecular complexity index is 553. The van der Waals surface area contributed by atoms with E-state index in [2.05, 4.69) is 19.9 Å². The maximum Gasteiger partial charge on any atom is 0.125 e. The average Bonchev–Trinajstić information content (AvgIpc) is 2.71. The van der Waals surface area contributed by atoms with Gasteiger partial charge in [-0.15, -0.1) is 11.3 Å². The van der Waals surface area contributed by atoms with Crippen LogP contribution in [0, 0.1) is 20.8 Å². The van der Waals surface area contributed by atoms with Gasteiger partial charge in [0.15, 0.2) is 0 Å². The molecule has 0 aliphatic heterocycles. The van der Waals surface area contributed by atoms with E-state index in [4.69, 9.17) is 4.74 Å². The van der Waals surface area contributed by atoms with E-state index in [1.807, 2.05) is 32.0 Å². The Morgan fingerprint density at radius 2 is 1.95 bits per heavy atom. The largest absolute Gasteiger partial charge is 0.493 e. The third-order valence-electron chi connectivity index (χ3n) is 3.21. The summed E-state index contributed by atoms with van der Waals surface area (Å²) in [5.74, 6) is 0.768. The minimum atomic E-state index is -0.612. The summed E-state index contributed by atoms with van der Waals surface area (Å²) in [7, 11) is 0. The molecule has 1 aromatic carbocycles. The van der Waals surface area contributed by atoms with Crippen LogP contribution in [0.5, 0.6) is 5.75 Å². The van der Waals surface area contributed by atoms with Crippen LogP contribution in [0.1, 0.15) is 39.5 Å². The van der Waals surface area contributed by atoms with E-state index >= 15 is 0 Å². The normalized spacial score (nSPS) is 12.5. The van der Waals surface area contributed by atoms with Crippen molar-refractivity contribution in [3.63, 3.8) is 0 Å². The summed E-state index contributed by atoms with van der Waals surface area (Å²) in [4.78, 5) is 2.22. The second-order valence-corrected chi connectivity index (χ2v) is 6.05. The highest BCUT2D eigenvalue weighted by molar-refractivity contribution is 7.12. The quantitative estimate of drug-likeness (QED) is 0.909. The molecule has 0 amide bonds. The Kier molecular flexibility index (Phi) is 4.27. The van der Waals surface area contributed by atoms with Crippen LogP contribution in [0.25, 0.3) is 0 Å². The second-order valence-electron chi connectivity index (χ2n) is 4.76. The smallest absolute Gasteiger partial charge is 0.125 e. The molecule has 0 radical (unpaired) electrons. The van der Waals surface area contributed by atoms with Crippen LogP contribution in [0.3, 0.4) is 0 Å². The van der Waals surface area contributed by atoms with E-state index in [-0.39, 0.29) is 0 Å². The second kappa shape index (κ2) is 5.76. The average molecular weight is 276 g/mol. The number of benzene rings is 1. The lowest BCUT2D eigenvalue weighted by molar-refractivity contribution is 0.215. The fourth-order valence-corrected chi connectivity index (χ4v) is 3.11. The molecule has 2 aromatic rings. The first-order chi connectivity index (χ1) is 9.02. The number of hydrogen-bond donors (Lipinski definition) is 1. The van der Waals surface area contributed by atoms with E-state index in [1.54, 1.807) is 11.3 Å². The summed E-state index contributed by atoms with van der Waals surface area (Å²) < 4.78 is 5.62. The Morgan fingerprint density at radius 3 is 2.53 bits per heavy atom. The van der Waals surface area contributed by atoms with Gasteiger partial charge in [-0.3, -0.25) is 0 Å². The lowest BCUT2D eigenvalue weighted by Gasteiger charge is -2.15. The zero-order valence-electron chi connectivity index (χ0n) is 11.9. The molecule has 0 spiro atoms. The monoisotopic (exact) mass is 276 g/mol. The summed E-state index contributed by atoms with van der Waals surface area (Å²) in [6, 6.07) is 8.00. The van der Waals surface area contributed by atoms with Gasteiger partial charge in [-0.2, -0.15) is 0 Å². The maximum atomic E-state index is 10.6. The summed E-state index contributed by atoms with van der Waals surface area (Å²) in [5.41, 5.74) is 3.20. The number of hydrogen-bond acceptors (Lipinski definition) is 3. The van der Waals surface area contributed by atoms with Crippen molar-refractivity contribution in [1.29, 1.82) is 0 Å². The number of aryl methyl sites for hydroxylation is 3. The molecule has 0 saturated heterocycles. The van der Waals surface area contributed by atoms with Crippen molar-refractivity contribution in [2.75, 3.05) is 6.61 Å². The van der Waals surface area contributed by atoms with Crippen molar-refractivity contribution in [3.8, 4) is 5.75 Å². The van der Waals surface area contributed by atoms with Gasteiger partial charge in [0, 0.05) is 15.3 Å². The molecule has 0 bridgehead atoms. The first-order valence-corrected chi connectivity index (χ1v) is 7.33. The van der Waals surface area contributed by atoms with Gasteiger partial charge in [0.05, 0.1) is 6.61 Å². The predicted molar refractivity (Wildman–Crippen MR) is 80.2 cm³/mol. The topological polar surface area (TPSA) is 29.5 Å². The Balaban J connectivity index is 2.41. The fourth-order valence-electron chi connectivity index (χ4n) is 2.06. The fraction of sp³-hybridized carbons (Fsp3) is 0.375. The molecular formula is C16H20O2S. The molecule has 1 atom stereocenters. The van der Waals surface area contributed by atoms with Crippen molar-refractivity contribution >= 4 is 11.3 Å². The van der Waals surface area contributed by atoms with Crippen molar-refractivity contribution < 1.29 is 9.84 Å². The first kappa shape index (κ1) is 14.1. The van der Waals surface area contributed by atoms with Gasteiger partial charge in [-0.05, 0) is 51.5 Å². The molecule has 102 valence electrons. The van der Waals surface area contributed by atoms with E-state index in [9.17, 15) is 5.11 Å². The van der Waals surface area contributed by atoms with Crippen molar-refractivity contribution in [3.05, 3.63) is 50.7 Å². The summed E-state index contributed by atoms with van der Waals surface area (Å²) in [6.45, 7) is 8.73. The highest BCUT2D eigenvalue weighted by atomic mass is 32.1. The van der Waals surface area contributed by atoms with Gasteiger partial charge >= 0.3 is 0 Å². The molecule has 1 unspecified atom stereocenters. The van der Waals surface area contributed by atoms with Crippen LogP contribution in [0.2, 0.25) is 0 Å². The molecule has 0 fully saturated rings. The van der Waals surface area contributed by atoms with Gasteiger partial charge in [-0.25, -0.2) is 0 Å². The number of ether oxygens (including phenoxy) is 1. The van der Waals surface area contributed by atoms with Gasteiger partial charge in [0.25, 0.3) is 0 Å². The molecule has 1 heterocycles. The van der Waals surface area contributed by atoms with Crippen molar-refractivity contribution in [1.82, 2.24) is 0 Å². The zero-order chi connectivity index (χ0) is 14.0. The third-order valence-corrected chi connectivity index (χ3v) is 4.42. The molecule has 0 saturated carbocycles. The van der Waals surface area contributed by atoms with E-state index in [1.165, 1.54) is 10.4 Å². The Morgan fingerprint density at radius 1 is 1.21 bits per heavy atom. The van der Waals surface area contributed by atoms with Crippen LogP contribution in [-0.2, 0) is 0 Å². The Labute approximate surface area is 118 Å². The van der Waals surface area contributed by atoms with Crippen LogP contribution in [-0.4, -0.2) is 11.7 Å².